The molecule has 0 aromatic heterocycles. The van der Waals surface area contributed by atoms with E-state index in [9.17, 15) is 9.59 Å². The summed E-state index contributed by atoms with van der Waals surface area (Å²) in [5.74, 6) is -1.18. The van der Waals surface area contributed by atoms with Gasteiger partial charge in [0.2, 0.25) is 0 Å². The summed E-state index contributed by atoms with van der Waals surface area (Å²) < 4.78 is 0. The monoisotopic (exact) mass is 339 g/mol. The number of fused-ring (bicyclic) bond motifs is 1. The number of hydrogen-bond acceptors (Lipinski definition) is 2. The zero-order valence-electron chi connectivity index (χ0n) is 10.6. The molecule has 3 nitrogen and oxygen atoms in total. The normalized spacial score (nSPS) is 13.8. The van der Waals surface area contributed by atoms with Crippen LogP contribution in [0.4, 0.5) is 5.69 Å². The molecule has 0 saturated carbocycles. The van der Waals surface area contributed by atoms with Gasteiger partial charge in [0.25, 0.3) is 11.7 Å². The smallest absolute Gasteiger partial charge is 0.299 e. The van der Waals surface area contributed by atoms with Crippen molar-refractivity contribution in [3.63, 3.8) is 0 Å². The average molecular weight is 341 g/mol. The van der Waals surface area contributed by atoms with E-state index in [1.54, 1.807) is 30.3 Å². The van der Waals surface area contributed by atoms with E-state index in [2.05, 4.69) is 0 Å². The molecule has 1 aliphatic rings. The van der Waals surface area contributed by atoms with Gasteiger partial charge in [-0.25, -0.2) is 0 Å². The summed E-state index contributed by atoms with van der Waals surface area (Å²) in [6.45, 7) is 0.137. The summed E-state index contributed by atoms with van der Waals surface area (Å²) in [7, 11) is 0. The van der Waals surface area contributed by atoms with E-state index in [1.807, 2.05) is 0 Å². The Bertz CT molecular complexity index is 753. The van der Waals surface area contributed by atoms with Crippen molar-refractivity contribution in [1.29, 1.82) is 0 Å². The summed E-state index contributed by atoms with van der Waals surface area (Å²) in [5.41, 5.74) is 1.42. The lowest BCUT2D eigenvalue weighted by Gasteiger charge is -2.18. The maximum Gasteiger partial charge on any atom is 0.299 e. The minimum atomic E-state index is -0.608. The molecule has 1 amide bonds. The second kappa shape index (κ2) is 5.34. The van der Waals surface area contributed by atoms with Crippen LogP contribution in [-0.4, -0.2) is 11.7 Å². The predicted octanol–water partition coefficient (Wildman–Crippen LogP) is 4.38. The van der Waals surface area contributed by atoms with Crippen molar-refractivity contribution in [3.05, 3.63) is 62.6 Å². The van der Waals surface area contributed by atoms with Gasteiger partial charge < -0.3 is 4.90 Å². The van der Waals surface area contributed by atoms with Crippen LogP contribution in [0.15, 0.2) is 36.4 Å². The van der Waals surface area contributed by atoms with E-state index in [0.717, 1.165) is 0 Å². The first kappa shape index (κ1) is 14.4. The number of benzene rings is 2. The summed E-state index contributed by atoms with van der Waals surface area (Å²) >= 11 is 18.1. The van der Waals surface area contributed by atoms with Crippen molar-refractivity contribution in [3.8, 4) is 0 Å². The van der Waals surface area contributed by atoms with Crippen molar-refractivity contribution in [2.45, 2.75) is 6.54 Å². The summed E-state index contributed by atoms with van der Waals surface area (Å²) in [4.78, 5) is 25.5. The Balaban J connectivity index is 2.05. The SMILES string of the molecule is O=C1C(=O)N(Cc2c(Cl)cccc2Cl)c2ccc(Cl)cc21. The van der Waals surface area contributed by atoms with Gasteiger partial charge in [-0.1, -0.05) is 40.9 Å². The number of rotatable bonds is 2. The number of anilines is 1. The Labute approximate surface area is 136 Å². The molecule has 3 rings (SSSR count). The molecule has 106 valence electrons. The maximum atomic E-state index is 12.1. The van der Waals surface area contributed by atoms with Crippen molar-refractivity contribution >= 4 is 52.2 Å². The van der Waals surface area contributed by atoms with Gasteiger partial charge in [0.15, 0.2) is 0 Å². The first-order valence-electron chi connectivity index (χ1n) is 6.07. The molecule has 1 heterocycles. The number of carbonyl (C=O) groups is 2. The molecule has 2 aromatic rings. The molecular formula is C15H8Cl3NO2. The summed E-state index contributed by atoms with van der Waals surface area (Å²) in [5, 5.41) is 1.31. The van der Waals surface area contributed by atoms with Gasteiger partial charge >= 0.3 is 0 Å². The van der Waals surface area contributed by atoms with E-state index in [1.165, 1.54) is 11.0 Å². The number of nitrogens with zero attached hydrogens (tertiary/aromatic N) is 1. The second-order valence-corrected chi connectivity index (χ2v) is 5.83. The zero-order valence-corrected chi connectivity index (χ0v) is 12.8. The largest absolute Gasteiger partial charge is 0.300 e. The Morgan fingerprint density at radius 1 is 0.952 bits per heavy atom. The number of Topliss-reactive ketones (excluding diaryl/α,β-unsaturated/α-hetero) is 1. The lowest BCUT2D eigenvalue weighted by Crippen LogP contribution is -2.29. The minimum Gasteiger partial charge on any atom is -0.300 e. The highest BCUT2D eigenvalue weighted by atomic mass is 35.5. The molecule has 0 unspecified atom stereocenters. The van der Waals surface area contributed by atoms with Gasteiger partial charge in [-0.3, -0.25) is 9.59 Å². The Morgan fingerprint density at radius 3 is 2.29 bits per heavy atom. The van der Waals surface area contributed by atoms with E-state index >= 15 is 0 Å². The molecule has 0 saturated heterocycles. The molecule has 0 aliphatic carbocycles. The van der Waals surface area contributed by atoms with Crippen LogP contribution in [0.3, 0.4) is 0 Å². The fraction of sp³-hybridized carbons (Fsp3) is 0.0667. The Hall–Kier alpha value is -1.55. The third-order valence-electron chi connectivity index (χ3n) is 3.31. The highest BCUT2D eigenvalue weighted by Gasteiger charge is 2.36. The number of ketones is 1. The topological polar surface area (TPSA) is 37.4 Å². The number of carbonyl (C=O) groups excluding carboxylic acids is 2. The molecule has 21 heavy (non-hydrogen) atoms. The number of hydrogen-bond donors (Lipinski definition) is 0. The average Bonchev–Trinajstić information content (AvgIpc) is 2.67. The molecular weight excluding hydrogens is 333 g/mol. The van der Waals surface area contributed by atoms with Crippen LogP contribution in [0.5, 0.6) is 0 Å². The Kier molecular flexibility index (Phi) is 3.66. The standard InChI is InChI=1S/C15H8Cl3NO2/c16-8-4-5-13-9(6-8)14(20)15(21)19(13)7-10-11(17)2-1-3-12(10)18/h1-6H,7H2. The van der Waals surface area contributed by atoms with Crippen LogP contribution in [0.2, 0.25) is 15.1 Å². The van der Waals surface area contributed by atoms with Crippen LogP contribution in [-0.2, 0) is 11.3 Å². The van der Waals surface area contributed by atoms with E-state index in [4.69, 9.17) is 34.8 Å². The summed E-state index contributed by atoms with van der Waals surface area (Å²) in [6, 6.07) is 9.87. The summed E-state index contributed by atoms with van der Waals surface area (Å²) in [6.07, 6.45) is 0. The molecule has 0 radical (unpaired) electrons. The zero-order chi connectivity index (χ0) is 15.1. The van der Waals surface area contributed by atoms with E-state index in [-0.39, 0.29) is 6.54 Å². The van der Waals surface area contributed by atoms with Crippen molar-refractivity contribution in [2.24, 2.45) is 0 Å². The van der Waals surface area contributed by atoms with Gasteiger partial charge in [-0.05, 0) is 30.3 Å². The fourth-order valence-corrected chi connectivity index (χ4v) is 2.96. The molecule has 0 atom stereocenters. The second-order valence-electron chi connectivity index (χ2n) is 4.58. The van der Waals surface area contributed by atoms with Crippen molar-refractivity contribution < 1.29 is 9.59 Å². The first-order valence-corrected chi connectivity index (χ1v) is 7.21. The molecule has 0 bridgehead atoms. The Morgan fingerprint density at radius 2 is 1.62 bits per heavy atom. The van der Waals surface area contributed by atoms with Crippen LogP contribution < -0.4 is 4.90 Å². The molecule has 0 spiro atoms. The van der Waals surface area contributed by atoms with E-state index < -0.39 is 11.7 Å². The highest BCUT2D eigenvalue weighted by Crippen LogP contribution is 2.34. The van der Waals surface area contributed by atoms with Crippen molar-refractivity contribution in [2.75, 3.05) is 4.90 Å². The van der Waals surface area contributed by atoms with Gasteiger partial charge in [0.05, 0.1) is 17.8 Å². The molecule has 2 aromatic carbocycles. The predicted molar refractivity (Wildman–Crippen MR) is 83.4 cm³/mol. The number of halogens is 3. The number of amides is 1. The van der Waals surface area contributed by atoms with Crippen LogP contribution >= 0.6 is 34.8 Å². The van der Waals surface area contributed by atoms with E-state index in [0.29, 0.717) is 31.9 Å². The van der Waals surface area contributed by atoms with Crippen LogP contribution in [0, 0.1) is 0 Å². The minimum absolute atomic E-state index is 0.137. The quantitative estimate of drug-likeness (QED) is 0.761. The molecule has 0 N–H and O–H groups in total. The molecule has 0 fully saturated rings. The lowest BCUT2D eigenvalue weighted by molar-refractivity contribution is -0.114. The lowest BCUT2D eigenvalue weighted by atomic mass is 10.1. The van der Waals surface area contributed by atoms with Crippen LogP contribution in [0.1, 0.15) is 15.9 Å². The first-order chi connectivity index (χ1) is 9.99. The third kappa shape index (κ3) is 2.42. The van der Waals surface area contributed by atoms with Crippen LogP contribution in [0.25, 0.3) is 0 Å². The fourth-order valence-electron chi connectivity index (χ4n) is 2.27. The molecule has 6 heteroatoms. The van der Waals surface area contributed by atoms with Gasteiger partial charge in [0, 0.05) is 20.6 Å². The third-order valence-corrected chi connectivity index (χ3v) is 4.25. The maximum absolute atomic E-state index is 12.1. The molecule has 1 aliphatic heterocycles. The van der Waals surface area contributed by atoms with Gasteiger partial charge in [-0.15, -0.1) is 0 Å². The van der Waals surface area contributed by atoms with Gasteiger partial charge in [0.1, 0.15) is 0 Å². The van der Waals surface area contributed by atoms with Gasteiger partial charge in [-0.2, -0.15) is 0 Å². The van der Waals surface area contributed by atoms with Crippen molar-refractivity contribution in [1.82, 2.24) is 0 Å². The highest BCUT2D eigenvalue weighted by molar-refractivity contribution is 6.52.